The molecule has 38 heavy (non-hydrogen) atoms. The van der Waals surface area contributed by atoms with E-state index in [0.717, 1.165) is 59.5 Å². The van der Waals surface area contributed by atoms with Crippen molar-refractivity contribution >= 4 is 28.6 Å². The molecular formula is C28H29FN6O2S. The predicted octanol–water partition coefficient (Wildman–Crippen LogP) is 4.22. The average Bonchev–Trinajstić information content (AvgIpc) is 3.52. The first-order valence-corrected chi connectivity index (χ1v) is 13.7. The number of anilines is 2. The van der Waals surface area contributed by atoms with Gasteiger partial charge in [-0.1, -0.05) is 12.1 Å². The summed E-state index contributed by atoms with van der Waals surface area (Å²) in [7, 11) is 0. The van der Waals surface area contributed by atoms with Gasteiger partial charge in [0.15, 0.2) is 0 Å². The molecule has 3 aliphatic rings. The number of carbonyl (C=O) groups excluding carboxylic acids is 1. The first-order chi connectivity index (χ1) is 18.3. The van der Waals surface area contributed by atoms with Crippen LogP contribution in [-0.4, -0.2) is 47.2 Å². The number of nitrogens with zero attached hydrogens (tertiary/aromatic N) is 3. The summed E-state index contributed by atoms with van der Waals surface area (Å²) in [6.07, 6.45) is 4.38. The van der Waals surface area contributed by atoms with Crippen LogP contribution in [0.3, 0.4) is 0 Å². The number of hydrogen-bond donors (Lipinski definition) is 4. The van der Waals surface area contributed by atoms with Gasteiger partial charge < -0.3 is 21.2 Å². The lowest BCUT2D eigenvalue weighted by atomic mass is 9.80. The van der Waals surface area contributed by atoms with E-state index in [0.29, 0.717) is 30.1 Å². The fraction of sp³-hybridized carbons (Fsp3) is 0.357. The van der Waals surface area contributed by atoms with Gasteiger partial charge in [-0.15, -0.1) is 16.9 Å². The van der Waals surface area contributed by atoms with E-state index in [9.17, 15) is 19.6 Å². The summed E-state index contributed by atoms with van der Waals surface area (Å²) in [6, 6.07) is 14.1. The van der Waals surface area contributed by atoms with Gasteiger partial charge in [-0.05, 0) is 73.6 Å². The quantitative estimate of drug-likeness (QED) is 0.389. The molecule has 196 valence electrons. The maximum Gasteiger partial charge on any atom is 0.264 e. The highest BCUT2D eigenvalue weighted by molar-refractivity contribution is 7.18. The molecule has 1 atom stereocenters. The number of thiophene rings is 1. The van der Waals surface area contributed by atoms with Crippen molar-refractivity contribution in [2.75, 3.05) is 30.1 Å². The number of nitrogens with one attached hydrogen (secondary N) is 2. The third kappa shape index (κ3) is 4.52. The van der Waals surface area contributed by atoms with Crippen LogP contribution in [0.25, 0.3) is 21.6 Å². The summed E-state index contributed by atoms with van der Waals surface area (Å²) >= 11 is 1.37. The van der Waals surface area contributed by atoms with Gasteiger partial charge >= 0.3 is 0 Å². The zero-order valence-corrected chi connectivity index (χ0v) is 21.7. The van der Waals surface area contributed by atoms with Crippen LogP contribution in [-0.2, 0) is 0 Å². The Morgan fingerprint density at radius 3 is 2.74 bits per heavy atom. The number of hydrogen-bond acceptors (Lipinski definition) is 8. The van der Waals surface area contributed by atoms with Crippen molar-refractivity contribution < 1.29 is 14.3 Å². The van der Waals surface area contributed by atoms with Gasteiger partial charge in [0.05, 0.1) is 34.0 Å². The predicted molar refractivity (Wildman–Crippen MR) is 146 cm³/mol. The van der Waals surface area contributed by atoms with Gasteiger partial charge in [-0.3, -0.25) is 9.80 Å². The molecule has 1 saturated carbocycles. The number of benzene rings is 2. The van der Waals surface area contributed by atoms with Crippen molar-refractivity contribution in [3.63, 3.8) is 0 Å². The first kappa shape index (κ1) is 24.8. The minimum Gasteiger partial charge on any atom is -0.388 e. The summed E-state index contributed by atoms with van der Waals surface area (Å²) in [5.41, 5.74) is 15.7. The molecule has 6 rings (SSSR count). The molecule has 3 heterocycles. The van der Waals surface area contributed by atoms with Crippen LogP contribution in [0.4, 0.5) is 15.8 Å². The summed E-state index contributed by atoms with van der Waals surface area (Å²) in [5.74, 6) is -0.672. The Morgan fingerprint density at radius 2 is 2.03 bits per heavy atom. The number of hydrazine groups is 2. The molecule has 0 unspecified atom stereocenters. The molecule has 5 N–H and O–H groups in total. The zero-order valence-electron chi connectivity index (χ0n) is 20.8. The lowest BCUT2D eigenvalue weighted by Crippen LogP contribution is -2.51. The van der Waals surface area contributed by atoms with Crippen LogP contribution in [0.5, 0.6) is 0 Å². The number of halogens is 1. The molecule has 10 heteroatoms. The SMILES string of the molecule is N#Cc1ccc(-c2cc(C(=O)N3CCC[C@@H](N)C3)sc2-c2ccc3c(c2)NNN3CC2(O)CCC2)cc1F. The summed E-state index contributed by atoms with van der Waals surface area (Å²) in [6.45, 7) is 1.67. The van der Waals surface area contributed by atoms with E-state index < -0.39 is 11.4 Å². The number of nitriles is 1. The van der Waals surface area contributed by atoms with Crippen molar-refractivity contribution in [3.05, 3.63) is 58.7 Å². The highest BCUT2D eigenvalue weighted by Gasteiger charge is 2.38. The van der Waals surface area contributed by atoms with Gasteiger partial charge in [-0.25, -0.2) is 4.39 Å². The number of rotatable bonds is 5. The molecule has 0 radical (unpaired) electrons. The third-order valence-corrected chi connectivity index (χ3v) is 8.87. The minimum absolute atomic E-state index is 0.0230. The Hall–Kier alpha value is -3.49. The van der Waals surface area contributed by atoms with E-state index >= 15 is 0 Å². The number of β-amino-alcohol motifs (C(OH)–C–C–N with tert-alkyl or cyclic N) is 1. The molecule has 1 amide bonds. The second-order valence-electron chi connectivity index (χ2n) is 10.4. The van der Waals surface area contributed by atoms with Crippen LogP contribution in [0, 0.1) is 17.1 Å². The molecular weight excluding hydrogens is 503 g/mol. The van der Waals surface area contributed by atoms with Gasteiger partial charge in [0.25, 0.3) is 5.91 Å². The number of nitrogens with two attached hydrogens (primary N) is 1. The maximum absolute atomic E-state index is 14.6. The number of carbonyl (C=O) groups is 1. The molecule has 1 aliphatic carbocycles. The number of likely N-dealkylation sites (tertiary alicyclic amines) is 1. The molecule has 1 saturated heterocycles. The topological polar surface area (TPSA) is 118 Å². The van der Waals surface area contributed by atoms with Crippen LogP contribution in [0.1, 0.15) is 47.3 Å². The molecule has 2 aromatic carbocycles. The minimum atomic E-state index is -0.679. The van der Waals surface area contributed by atoms with Crippen LogP contribution in [0.2, 0.25) is 0 Å². The van der Waals surface area contributed by atoms with E-state index in [1.54, 1.807) is 11.0 Å². The van der Waals surface area contributed by atoms with E-state index in [1.165, 1.54) is 23.5 Å². The van der Waals surface area contributed by atoms with Crippen LogP contribution in [0.15, 0.2) is 42.5 Å². The number of fused-ring (bicyclic) bond motifs is 1. The maximum atomic E-state index is 14.6. The molecule has 2 aliphatic heterocycles. The second-order valence-corrected chi connectivity index (χ2v) is 11.5. The molecule has 3 aromatic rings. The standard InChI is InChI=1S/C28H29FN6O2S/c29-22-11-17(4-5-19(22)14-30)21-13-25(27(36)34-10-1-3-20(31)15-34)38-26(21)18-6-7-24-23(12-18)32-33-35(24)16-28(37)8-2-9-28/h4-7,11-13,20,32-33,37H,1-3,8-10,15-16,31H2/t20-/m1/s1. The van der Waals surface area contributed by atoms with Gasteiger partial charge in [0.1, 0.15) is 11.9 Å². The molecule has 0 spiro atoms. The second kappa shape index (κ2) is 9.67. The van der Waals surface area contributed by atoms with E-state index in [1.807, 2.05) is 35.3 Å². The lowest BCUT2D eigenvalue weighted by molar-refractivity contribution is -0.0266. The first-order valence-electron chi connectivity index (χ1n) is 12.9. The summed E-state index contributed by atoms with van der Waals surface area (Å²) < 4.78 is 14.6. The Bertz CT molecular complexity index is 1450. The zero-order chi connectivity index (χ0) is 26.4. The Morgan fingerprint density at radius 1 is 1.21 bits per heavy atom. The van der Waals surface area contributed by atoms with Crippen molar-refractivity contribution in [2.45, 2.75) is 43.7 Å². The highest BCUT2D eigenvalue weighted by atomic mass is 32.1. The van der Waals surface area contributed by atoms with Crippen molar-refractivity contribution in [1.82, 2.24) is 10.4 Å². The van der Waals surface area contributed by atoms with Crippen molar-refractivity contribution in [3.8, 4) is 27.6 Å². The molecule has 0 bridgehead atoms. The number of amides is 1. The summed E-state index contributed by atoms with van der Waals surface area (Å²) in [5, 5.41) is 21.7. The summed E-state index contributed by atoms with van der Waals surface area (Å²) in [4.78, 5) is 16.6. The van der Waals surface area contributed by atoms with Crippen molar-refractivity contribution in [1.29, 1.82) is 5.26 Å². The van der Waals surface area contributed by atoms with Gasteiger partial charge in [0, 0.05) is 29.6 Å². The smallest absolute Gasteiger partial charge is 0.264 e. The number of piperidine rings is 1. The van der Waals surface area contributed by atoms with Gasteiger partial charge in [-0.2, -0.15) is 5.26 Å². The molecule has 2 fully saturated rings. The fourth-order valence-corrected chi connectivity index (χ4v) is 6.56. The van der Waals surface area contributed by atoms with E-state index in [-0.39, 0.29) is 17.5 Å². The number of aliphatic hydroxyl groups is 1. The lowest BCUT2D eigenvalue weighted by Gasteiger charge is -2.39. The Kier molecular flexibility index (Phi) is 6.32. The monoisotopic (exact) mass is 532 g/mol. The largest absolute Gasteiger partial charge is 0.388 e. The van der Waals surface area contributed by atoms with Crippen LogP contribution < -0.4 is 21.7 Å². The molecule has 8 nitrogen and oxygen atoms in total. The van der Waals surface area contributed by atoms with E-state index in [4.69, 9.17) is 5.73 Å². The van der Waals surface area contributed by atoms with E-state index in [2.05, 4.69) is 11.0 Å². The third-order valence-electron chi connectivity index (χ3n) is 7.70. The Labute approximate surface area is 224 Å². The normalized spacial score (nSPS) is 19.9. The Balaban J connectivity index is 1.37. The van der Waals surface area contributed by atoms with Gasteiger partial charge in [0.2, 0.25) is 0 Å². The average molecular weight is 533 g/mol. The highest BCUT2D eigenvalue weighted by Crippen LogP contribution is 2.44. The van der Waals surface area contributed by atoms with Crippen molar-refractivity contribution in [2.24, 2.45) is 5.73 Å². The van der Waals surface area contributed by atoms with Crippen LogP contribution >= 0.6 is 11.3 Å². The molecule has 1 aromatic heterocycles. The fourth-order valence-electron chi connectivity index (χ4n) is 5.41.